The molecule has 6 rings (SSSR count). The Morgan fingerprint density at radius 1 is 0.925 bits per heavy atom. The molecule has 3 heterocycles. The predicted molar refractivity (Wildman–Crippen MR) is 156 cm³/mol. The number of fused-ring (bicyclic) bond motifs is 1. The average molecular weight is 549 g/mol. The van der Waals surface area contributed by atoms with Crippen LogP contribution < -0.4 is 10.1 Å². The normalized spacial score (nSPS) is 12.3. The van der Waals surface area contributed by atoms with Crippen LogP contribution in [0.15, 0.2) is 89.9 Å². The van der Waals surface area contributed by atoms with Gasteiger partial charge in [-0.05, 0) is 29.2 Å². The van der Waals surface area contributed by atoms with E-state index in [2.05, 4.69) is 43.0 Å². The number of hydrogen-bond donors (Lipinski definition) is 0. The van der Waals surface area contributed by atoms with Gasteiger partial charge in [-0.1, -0.05) is 86.7 Å². The summed E-state index contributed by atoms with van der Waals surface area (Å²) in [4.78, 5) is 29.4. The van der Waals surface area contributed by atoms with Gasteiger partial charge in [-0.2, -0.15) is 14.6 Å². The maximum absolute atomic E-state index is 13.4. The molecule has 0 fully saturated rings. The molecule has 0 amide bonds. The zero-order chi connectivity index (χ0) is 28.0. The highest BCUT2D eigenvalue weighted by Gasteiger charge is 2.18. The van der Waals surface area contributed by atoms with Crippen LogP contribution >= 0.6 is 11.3 Å². The summed E-state index contributed by atoms with van der Waals surface area (Å²) in [5.41, 5.74) is 4.30. The lowest BCUT2D eigenvalue weighted by Crippen LogP contribution is -2.23. The van der Waals surface area contributed by atoms with E-state index in [1.165, 1.54) is 33.5 Å². The minimum absolute atomic E-state index is 0.0330. The van der Waals surface area contributed by atoms with Gasteiger partial charge in [-0.3, -0.25) is 14.9 Å². The first kappa shape index (κ1) is 25.3. The molecular weight excluding hydrogens is 524 g/mol. The van der Waals surface area contributed by atoms with Crippen LogP contribution in [0, 0.1) is 10.1 Å². The lowest BCUT2D eigenvalue weighted by atomic mass is 9.87. The molecule has 0 atom stereocenters. The molecule has 0 saturated carbocycles. The van der Waals surface area contributed by atoms with E-state index in [4.69, 9.17) is 5.10 Å². The van der Waals surface area contributed by atoms with E-state index < -0.39 is 4.92 Å². The number of benzene rings is 3. The van der Waals surface area contributed by atoms with E-state index in [1.54, 1.807) is 29.1 Å². The standard InChI is InChI=1S/C30H24N6O3S/c1-30(2,3)22-14-12-19(13-15-22)27-31-29-35(33-27)28(37)25(40-29)17-21-18-34(23-9-5-4-6-10-23)32-26(21)20-8-7-11-24(16-20)36(38)39/h4-18H,1-3H3. The van der Waals surface area contributed by atoms with Gasteiger partial charge in [0.15, 0.2) is 5.82 Å². The van der Waals surface area contributed by atoms with Gasteiger partial charge in [0.05, 0.1) is 15.1 Å². The van der Waals surface area contributed by atoms with Crippen molar-refractivity contribution in [3.05, 3.63) is 121 Å². The fourth-order valence-corrected chi connectivity index (χ4v) is 5.31. The molecule has 40 heavy (non-hydrogen) atoms. The summed E-state index contributed by atoms with van der Waals surface area (Å²) in [5.74, 6) is 0.490. The molecule has 10 heteroatoms. The predicted octanol–water partition coefficient (Wildman–Crippen LogP) is 5.42. The second kappa shape index (κ2) is 9.65. The third-order valence-electron chi connectivity index (χ3n) is 6.57. The molecule has 6 aromatic rings. The van der Waals surface area contributed by atoms with Crippen molar-refractivity contribution in [3.8, 4) is 28.3 Å². The van der Waals surface area contributed by atoms with Crippen molar-refractivity contribution in [1.82, 2.24) is 24.4 Å². The smallest absolute Gasteiger partial charge is 0.266 e. The van der Waals surface area contributed by atoms with Gasteiger partial charge in [0.1, 0.15) is 5.69 Å². The SMILES string of the molecule is CC(C)(C)c1ccc(-c2nc3sc(=Cc4cn(-c5ccccc5)nc4-c4cccc([N+](=O)[O-])c4)c(=O)n3n2)cc1. The number of aromatic nitrogens is 5. The molecule has 3 aromatic heterocycles. The van der Waals surface area contributed by atoms with Crippen LogP contribution in [0.2, 0.25) is 0 Å². The van der Waals surface area contributed by atoms with Gasteiger partial charge in [0, 0.05) is 35.0 Å². The van der Waals surface area contributed by atoms with Gasteiger partial charge in [0.25, 0.3) is 11.2 Å². The summed E-state index contributed by atoms with van der Waals surface area (Å²) in [5, 5.41) is 20.6. The molecule has 0 bridgehead atoms. The van der Waals surface area contributed by atoms with Crippen molar-refractivity contribution in [1.29, 1.82) is 0 Å². The first-order chi connectivity index (χ1) is 19.2. The van der Waals surface area contributed by atoms with Crippen LogP contribution in [0.25, 0.3) is 39.4 Å². The van der Waals surface area contributed by atoms with Crippen LogP contribution in [-0.4, -0.2) is 29.3 Å². The van der Waals surface area contributed by atoms with Gasteiger partial charge in [0.2, 0.25) is 4.96 Å². The number of rotatable bonds is 5. The molecule has 3 aromatic carbocycles. The van der Waals surface area contributed by atoms with Gasteiger partial charge < -0.3 is 0 Å². The summed E-state index contributed by atoms with van der Waals surface area (Å²) in [6.07, 6.45) is 3.54. The van der Waals surface area contributed by atoms with E-state index in [-0.39, 0.29) is 16.7 Å². The highest BCUT2D eigenvalue weighted by atomic mass is 32.1. The van der Waals surface area contributed by atoms with Crippen molar-refractivity contribution in [2.75, 3.05) is 0 Å². The van der Waals surface area contributed by atoms with Crippen molar-refractivity contribution in [2.45, 2.75) is 26.2 Å². The minimum Gasteiger partial charge on any atom is -0.266 e. The van der Waals surface area contributed by atoms with Crippen molar-refractivity contribution >= 4 is 28.1 Å². The molecule has 0 saturated heterocycles. The Morgan fingerprint density at radius 2 is 1.68 bits per heavy atom. The monoisotopic (exact) mass is 548 g/mol. The summed E-state index contributed by atoms with van der Waals surface area (Å²) >= 11 is 1.23. The quantitative estimate of drug-likeness (QED) is 0.210. The van der Waals surface area contributed by atoms with E-state index in [9.17, 15) is 14.9 Å². The Morgan fingerprint density at radius 3 is 2.35 bits per heavy atom. The van der Waals surface area contributed by atoms with E-state index in [0.717, 1.165) is 11.3 Å². The van der Waals surface area contributed by atoms with Gasteiger partial charge in [-0.25, -0.2) is 4.68 Å². The average Bonchev–Trinajstić information content (AvgIpc) is 3.64. The largest absolute Gasteiger partial charge is 0.291 e. The third-order valence-corrected chi connectivity index (χ3v) is 7.53. The summed E-state index contributed by atoms with van der Waals surface area (Å²) in [6.45, 7) is 6.47. The number of thiazole rings is 1. The number of nitro benzene ring substituents is 1. The minimum atomic E-state index is -0.439. The summed E-state index contributed by atoms with van der Waals surface area (Å²) in [7, 11) is 0. The van der Waals surface area contributed by atoms with E-state index in [0.29, 0.717) is 32.1 Å². The summed E-state index contributed by atoms with van der Waals surface area (Å²) in [6, 6.07) is 23.9. The van der Waals surface area contributed by atoms with E-state index in [1.807, 2.05) is 42.5 Å². The number of hydrogen-bond acceptors (Lipinski definition) is 7. The van der Waals surface area contributed by atoms with Crippen LogP contribution in [0.1, 0.15) is 31.9 Å². The fourth-order valence-electron chi connectivity index (χ4n) is 4.41. The van der Waals surface area contributed by atoms with Gasteiger partial charge >= 0.3 is 0 Å². The Balaban J connectivity index is 1.44. The first-order valence-electron chi connectivity index (χ1n) is 12.6. The Kier molecular flexibility index (Phi) is 6.11. The second-order valence-corrected chi connectivity index (χ2v) is 11.4. The van der Waals surface area contributed by atoms with Crippen molar-refractivity contribution in [2.24, 2.45) is 0 Å². The lowest BCUT2D eigenvalue weighted by molar-refractivity contribution is -0.384. The van der Waals surface area contributed by atoms with Crippen molar-refractivity contribution in [3.63, 3.8) is 0 Å². The molecule has 9 nitrogen and oxygen atoms in total. The highest BCUT2D eigenvalue weighted by molar-refractivity contribution is 7.15. The third kappa shape index (κ3) is 4.69. The molecule has 0 aliphatic rings. The Bertz CT molecular complexity index is 1980. The van der Waals surface area contributed by atoms with Crippen LogP contribution in [0.3, 0.4) is 0 Å². The fraction of sp³-hybridized carbons (Fsp3) is 0.133. The van der Waals surface area contributed by atoms with E-state index >= 15 is 0 Å². The zero-order valence-electron chi connectivity index (χ0n) is 22.0. The highest BCUT2D eigenvalue weighted by Crippen LogP contribution is 2.28. The molecular formula is C30H24N6O3S. The lowest BCUT2D eigenvalue weighted by Gasteiger charge is -2.18. The number of non-ortho nitro benzene ring substituents is 1. The molecule has 0 unspecified atom stereocenters. The second-order valence-electron chi connectivity index (χ2n) is 10.4. The molecule has 0 aliphatic carbocycles. The Labute approximate surface area is 232 Å². The van der Waals surface area contributed by atoms with Crippen LogP contribution in [0.4, 0.5) is 5.69 Å². The van der Waals surface area contributed by atoms with Crippen LogP contribution in [-0.2, 0) is 5.41 Å². The molecule has 0 N–H and O–H groups in total. The molecule has 0 spiro atoms. The number of nitro groups is 1. The maximum atomic E-state index is 13.4. The molecule has 198 valence electrons. The zero-order valence-corrected chi connectivity index (χ0v) is 22.8. The maximum Gasteiger partial charge on any atom is 0.291 e. The van der Waals surface area contributed by atoms with Crippen molar-refractivity contribution < 1.29 is 4.92 Å². The van der Waals surface area contributed by atoms with Crippen LogP contribution in [0.5, 0.6) is 0 Å². The Hall–Kier alpha value is -4.96. The number of nitrogens with zero attached hydrogens (tertiary/aromatic N) is 6. The first-order valence-corrected chi connectivity index (χ1v) is 13.4. The van der Waals surface area contributed by atoms with Gasteiger partial charge in [-0.15, -0.1) is 5.10 Å². The molecule has 0 radical (unpaired) electrons. The number of para-hydroxylation sites is 1. The summed E-state index contributed by atoms with van der Waals surface area (Å²) < 4.78 is 3.45. The topological polar surface area (TPSA) is 108 Å². The molecule has 0 aliphatic heterocycles.